The maximum absolute atomic E-state index is 13.1. The SMILES string of the molecule is [2H]C1([2H])OC([2H])([2H])C([2H])([2H])N(c2cc(=O)[nH]c(CC(=O)N3c4ccccc4CC3C)n2)C1([2H])[2H]. The van der Waals surface area contributed by atoms with E-state index in [-0.39, 0.29) is 16.8 Å². The number of carbonyl (C=O) groups is 1. The van der Waals surface area contributed by atoms with Gasteiger partial charge in [0.15, 0.2) is 0 Å². The number of para-hydroxylation sites is 1. The van der Waals surface area contributed by atoms with Gasteiger partial charge in [0.2, 0.25) is 5.91 Å². The lowest BCUT2D eigenvalue weighted by Crippen LogP contribution is -2.39. The number of nitrogens with zero attached hydrogens (tertiary/aromatic N) is 3. The van der Waals surface area contributed by atoms with E-state index in [2.05, 4.69) is 14.7 Å². The van der Waals surface area contributed by atoms with Crippen LogP contribution in [0.15, 0.2) is 35.1 Å². The monoisotopic (exact) mass is 362 g/mol. The number of rotatable bonds is 3. The summed E-state index contributed by atoms with van der Waals surface area (Å²) < 4.78 is 68.3. The molecule has 7 nitrogen and oxygen atoms in total. The van der Waals surface area contributed by atoms with Crippen molar-refractivity contribution in [3.63, 3.8) is 0 Å². The molecule has 1 saturated heterocycles. The summed E-state index contributed by atoms with van der Waals surface area (Å²) in [6, 6.07) is 7.93. The van der Waals surface area contributed by atoms with Gasteiger partial charge in [-0.15, -0.1) is 0 Å². The van der Waals surface area contributed by atoms with Crippen LogP contribution >= 0.6 is 0 Å². The van der Waals surface area contributed by atoms with Crippen molar-refractivity contribution in [3.05, 3.63) is 52.1 Å². The first-order chi connectivity index (χ1) is 15.6. The molecule has 3 heterocycles. The van der Waals surface area contributed by atoms with Crippen LogP contribution in [0.3, 0.4) is 0 Å². The first-order valence-electron chi connectivity index (χ1n) is 12.1. The number of anilines is 2. The van der Waals surface area contributed by atoms with Crippen molar-refractivity contribution in [2.75, 3.05) is 35.9 Å². The molecule has 26 heavy (non-hydrogen) atoms. The Labute approximate surface area is 162 Å². The van der Waals surface area contributed by atoms with E-state index in [1.807, 2.05) is 19.1 Å². The van der Waals surface area contributed by atoms with Crippen molar-refractivity contribution in [3.8, 4) is 0 Å². The number of fused-ring (bicyclic) bond motifs is 1. The van der Waals surface area contributed by atoms with Crippen LogP contribution < -0.4 is 15.4 Å². The molecular formula is C19H22N4O3. The zero-order valence-corrected chi connectivity index (χ0v) is 13.9. The van der Waals surface area contributed by atoms with Gasteiger partial charge in [-0.25, -0.2) is 4.98 Å². The topological polar surface area (TPSA) is 78.5 Å². The highest BCUT2D eigenvalue weighted by atomic mass is 16.5. The first kappa shape index (κ1) is 9.87. The van der Waals surface area contributed by atoms with Crippen LogP contribution in [0, 0.1) is 0 Å². The fraction of sp³-hybridized carbons (Fsp3) is 0.421. The molecule has 0 spiro atoms. The largest absolute Gasteiger partial charge is 0.378 e. The summed E-state index contributed by atoms with van der Waals surface area (Å²) in [5.41, 5.74) is 0.861. The minimum absolute atomic E-state index is 0.112. The molecular weight excluding hydrogens is 332 g/mol. The normalized spacial score (nSPS) is 31.8. The van der Waals surface area contributed by atoms with Crippen LogP contribution in [0.25, 0.3) is 0 Å². The molecule has 4 rings (SSSR count). The Morgan fingerprint density at radius 1 is 1.38 bits per heavy atom. The summed E-state index contributed by atoms with van der Waals surface area (Å²) in [4.78, 5) is 33.5. The Morgan fingerprint density at radius 3 is 2.96 bits per heavy atom. The summed E-state index contributed by atoms with van der Waals surface area (Å²) in [6.07, 6.45) is 0.238. The highest BCUT2D eigenvalue weighted by molar-refractivity contribution is 5.97. The number of amides is 1. The number of H-pyrrole nitrogens is 1. The maximum Gasteiger partial charge on any atom is 0.252 e. The lowest BCUT2D eigenvalue weighted by Gasteiger charge is -2.28. The molecule has 1 aromatic heterocycles. The number of hydrogen-bond donors (Lipinski definition) is 1. The molecule has 0 radical (unpaired) electrons. The molecule has 1 unspecified atom stereocenters. The van der Waals surface area contributed by atoms with Crippen LogP contribution in [0.5, 0.6) is 0 Å². The van der Waals surface area contributed by atoms with Gasteiger partial charge >= 0.3 is 0 Å². The van der Waals surface area contributed by atoms with Crippen molar-refractivity contribution < 1.29 is 20.5 Å². The van der Waals surface area contributed by atoms with Gasteiger partial charge in [0, 0.05) is 30.8 Å². The molecule has 136 valence electrons. The summed E-state index contributed by atoms with van der Waals surface area (Å²) >= 11 is 0. The van der Waals surface area contributed by atoms with Gasteiger partial charge < -0.3 is 19.5 Å². The fourth-order valence-electron chi connectivity index (χ4n) is 3.17. The summed E-state index contributed by atoms with van der Waals surface area (Å²) in [5, 5.41) is 0. The number of aromatic nitrogens is 2. The average molecular weight is 362 g/mol. The highest BCUT2D eigenvalue weighted by Gasteiger charge is 2.30. The Hall–Kier alpha value is -2.67. The quantitative estimate of drug-likeness (QED) is 0.885. The molecule has 2 aliphatic heterocycles. The van der Waals surface area contributed by atoms with Crippen LogP contribution in [0.1, 0.15) is 29.3 Å². The van der Waals surface area contributed by atoms with Gasteiger partial charge in [-0.3, -0.25) is 9.59 Å². The van der Waals surface area contributed by atoms with Gasteiger partial charge in [0.05, 0.1) is 30.5 Å². The van der Waals surface area contributed by atoms with Crippen molar-refractivity contribution in [2.45, 2.75) is 25.8 Å². The van der Waals surface area contributed by atoms with Crippen molar-refractivity contribution in [1.82, 2.24) is 9.97 Å². The highest BCUT2D eigenvalue weighted by Crippen LogP contribution is 2.32. The molecule has 1 fully saturated rings. The third-order valence-electron chi connectivity index (χ3n) is 4.22. The predicted octanol–water partition coefficient (Wildman–Crippen LogP) is 1.13. The van der Waals surface area contributed by atoms with E-state index < -0.39 is 49.8 Å². The van der Waals surface area contributed by atoms with Gasteiger partial charge in [-0.1, -0.05) is 18.2 Å². The molecule has 1 atom stereocenters. The Balaban J connectivity index is 1.73. The maximum atomic E-state index is 13.1. The lowest BCUT2D eigenvalue weighted by molar-refractivity contribution is -0.118. The molecule has 2 aromatic rings. The number of ether oxygens (including phenoxy) is 1. The van der Waals surface area contributed by atoms with Crippen molar-refractivity contribution in [2.24, 2.45) is 0 Å². The smallest absolute Gasteiger partial charge is 0.252 e. The second kappa shape index (κ2) is 6.92. The number of carbonyl (C=O) groups excluding carboxylic acids is 1. The third kappa shape index (κ3) is 3.22. The summed E-state index contributed by atoms with van der Waals surface area (Å²) in [6.45, 7) is -11.2. The van der Waals surface area contributed by atoms with E-state index >= 15 is 0 Å². The van der Waals surface area contributed by atoms with Crippen LogP contribution in [0.4, 0.5) is 11.5 Å². The minimum Gasteiger partial charge on any atom is -0.378 e. The zero-order valence-electron chi connectivity index (χ0n) is 21.9. The lowest BCUT2D eigenvalue weighted by atomic mass is 10.1. The number of nitrogens with one attached hydrogen (secondary N) is 1. The van der Waals surface area contributed by atoms with E-state index in [9.17, 15) is 9.59 Å². The van der Waals surface area contributed by atoms with Gasteiger partial charge in [0.25, 0.3) is 5.56 Å². The predicted molar refractivity (Wildman–Crippen MR) is 98.7 cm³/mol. The standard InChI is InChI=1S/C19H22N4O3/c1-13-10-14-4-2-3-5-15(14)23(13)19(25)11-16-20-17(12-18(24)21-16)22-6-8-26-9-7-22/h2-5,12-13H,6-11H2,1H3,(H,20,21,24)/i6D2,7D2,8D2,9D2. The van der Waals surface area contributed by atoms with E-state index in [0.717, 1.165) is 17.3 Å². The van der Waals surface area contributed by atoms with Crippen molar-refractivity contribution >= 4 is 17.4 Å². The van der Waals surface area contributed by atoms with E-state index in [4.69, 9.17) is 11.0 Å². The minimum atomic E-state index is -3.29. The van der Waals surface area contributed by atoms with Crippen molar-refractivity contribution in [1.29, 1.82) is 0 Å². The Bertz CT molecular complexity index is 1180. The van der Waals surface area contributed by atoms with E-state index in [1.165, 1.54) is 0 Å². The number of aromatic amines is 1. The molecule has 1 N–H and O–H groups in total. The van der Waals surface area contributed by atoms with Gasteiger partial charge in [-0.2, -0.15) is 0 Å². The zero-order chi connectivity index (χ0) is 25.3. The molecule has 7 heteroatoms. The van der Waals surface area contributed by atoms with Crippen LogP contribution in [-0.4, -0.2) is 48.0 Å². The number of morpholine rings is 1. The molecule has 0 bridgehead atoms. The fourth-order valence-corrected chi connectivity index (χ4v) is 3.17. The Morgan fingerprint density at radius 2 is 2.15 bits per heavy atom. The van der Waals surface area contributed by atoms with Crippen LogP contribution in [0.2, 0.25) is 0 Å². The molecule has 1 amide bonds. The number of benzene rings is 1. The third-order valence-corrected chi connectivity index (χ3v) is 4.22. The van der Waals surface area contributed by atoms with E-state index in [1.54, 1.807) is 17.0 Å². The van der Waals surface area contributed by atoms with Gasteiger partial charge in [-0.05, 0) is 25.0 Å². The van der Waals surface area contributed by atoms with E-state index in [0.29, 0.717) is 6.42 Å². The molecule has 1 aromatic carbocycles. The second-order valence-electron chi connectivity index (χ2n) is 6.04. The second-order valence-corrected chi connectivity index (χ2v) is 6.04. The average Bonchev–Trinajstić information content (AvgIpc) is 3.01. The molecule has 2 aliphatic rings. The Kier molecular flexibility index (Phi) is 2.63. The summed E-state index contributed by atoms with van der Waals surface area (Å²) in [7, 11) is 0. The van der Waals surface area contributed by atoms with Crippen LogP contribution in [-0.2, 0) is 22.4 Å². The number of hydrogen-bond acceptors (Lipinski definition) is 5. The first-order valence-corrected chi connectivity index (χ1v) is 8.09. The molecule has 0 aliphatic carbocycles. The summed E-state index contributed by atoms with van der Waals surface area (Å²) in [5.74, 6) is -1.29. The molecule has 0 saturated carbocycles. The van der Waals surface area contributed by atoms with Gasteiger partial charge in [0.1, 0.15) is 11.6 Å².